The van der Waals surface area contributed by atoms with E-state index in [1.807, 2.05) is 18.2 Å². The van der Waals surface area contributed by atoms with Crippen LogP contribution in [0.1, 0.15) is 54.6 Å². The molecule has 4 rings (SSSR count). The number of nitrogens with zero attached hydrogens (tertiary/aromatic N) is 4. The lowest BCUT2D eigenvalue weighted by molar-refractivity contribution is 0.0698. The molecule has 7 heteroatoms. The van der Waals surface area contributed by atoms with E-state index >= 15 is 0 Å². The predicted octanol–water partition coefficient (Wildman–Crippen LogP) is 4.74. The van der Waals surface area contributed by atoms with Crippen molar-refractivity contribution in [1.82, 2.24) is 19.5 Å². The van der Waals surface area contributed by atoms with Crippen LogP contribution >= 0.6 is 0 Å². The first kappa shape index (κ1) is 18.5. The quantitative estimate of drug-likeness (QED) is 0.653. The van der Waals surface area contributed by atoms with Crippen LogP contribution in [0.5, 0.6) is 0 Å². The Hall–Kier alpha value is -2.83. The van der Waals surface area contributed by atoms with Crippen molar-refractivity contribution in [3.8, 4) is 11.3 Å². The van der Waals surface area contributed by atoms with Crippen LogP contribution in [0, 0.1) is 0 Å². The van der Waals surface area contributed by atoms with Gasteiger partial charge in [0.1, 0.15) is 11.3 Å². The van der Waals surface area contributed by atoms with Gasteiger partial charge in [-0.25, -0.2) is 18.3 Å². The number of alkyl halides is 2. The number of amides is 1. The van der Waals surface area contributed by atoms with Crippen molar-refractivity contribution >= 4 is 11.6 Å². The molecule has 1 aliphatic carbocycles. The van der Waals surface area contributed by atoms with Gasteiger partial charge < -0.3 is 4.90 Å². The fourth-order valence-electron chi connectivity index (χ4n) is 3.87. The van der Waals surface area contributed by atoms with Crippen LogP contribution in [0.4, 0.5) is 8.78 Å². The fraction of sp³-hybridized carbons (Fsp3) is 0.381. The lowest BCUT2D eigenvalue weighted by Gasteiger charge is -2.31. The second kappa shape index (κ2) is 7.66. The van der Waals surface area contributed by atoms with Crippen molar-refractivity contribution in [2.45, 2.75) is 44.6 Å². The Labute approximate surface area is 162 Å². The number of carbonyl (C=O) groups excluding carboxylic acids is 1. The molecule has 0 spiro atoms. The van der Waals surface area contributed by atoms with E-state index in [-0.39, 0.29) is 28.9 Å². The molecule has 1 aromatic carbocycles. The molecule has 0 bridgehead atoms. The molecule has 0 aliphatic heterocycles. The first-order valence-electron chi connectivity index (χ1n) is 9.55. The summed E-state index contributed by atoms with van der Waals surface area (Å²) >= 11 is 0. The van der Waals surface area contributed by atoms with Gasteiger partial charge in [-0.3, -0.25) is 4.79 Å². The minimum absolute atomic E-state index is 0.170. The molecule has 0 N–H and O–H groups in total. The molecule has 1 amide bonds. The SMILES string of the molecule is CN(C(=O)c1cnn2c(C(F)F)cc(-c3ccccc3)nc12)C1CCCCC1. The van der Waals surface area contributed by atoms with Gasteiger partial charge in [0.2, 0.25) is 0 Å². The molecule has 0 unspecified atom stereocenters. The highest BCUT2D eigenvalue weighted by molar-refractivity contribution is 6.00. The van der Waals surface area contributed by atoms with Gasteiger partial charge in [-0.2, -0.15) is 5.10 Å². The number of carbonyl (C=O) groups is 1. The zero-order valence-electron chi connectivity index (χ0n) is 15.7. The molecule has 0 saturated heterocycles. The first-order chi connectivity index (χ1) is 13.6. The lowest BCUT2D eigenvalue weighted by atomic mass is 9.94. The van der Waals surface area contributed by atoms with E-state index in [0.29, 0.717) is 11.3 Å². The summed E-state index contributed by atoms with van der Waals surface area (Å²) in [6, 6.07) is 10.6. The Morgan fingerprint density at radius 3 is 2.57 bits per heavy atom. The summed E-state index contributed by atoms with van der Waals surface area (Å²) < 4.78 is 28.4. The summed E-state index contributed by atoms with van der Waals surface area (Å²) in [4.78, 5) is 19.3. The lowest BCUT2D eigenvalue weighted by Crippen LogP contribution is -2.38. The maximum atomic E-state index is 13.7. The summed E-state index contributed by atoms with van der Waals surface area (Å²) in [5, 5.41) is 4.05. The van der Waals surface area contributed by atoms with Crippen LogP contribution in [-0.4, -0.2) is 38.5 Å². The molecule has 1 saturated carbocycles. The molecule has 3 aromatic rings. The van der Waals surface area contributed by atoms with Gasteiger partial charge in [0.15, 0.2) is 5.65 Å². The highest BCUT2D eigenvalue weighted by atomic mass is 19.3. The van der Waals surface area contributed by atoms with Crippen LogP contribution in [0.25, 0.3) is 16.9 Å². The van der Waals surface area contributed by atoms with E-state index in [4.69, 9.17) is 0 Å². The normalized spacial score (nSPS) is 15.3. The monoisotopic (exact) mass is 384 g/mol. The second-order valence-corrected chi connectivity index (χ2v) is 7.23. The molecule has 28 heavy (non-hydrogen) atoms. The average molecular weight is 384 g/mol. The molecule has 2 heterocycles. The third kappa shape index (κ3) is 3.37. The number of halogens is 2. The van der Waals surface area contributed by atoms with Crippen LogP contribution in [0.2, 0.25) is 0 Å². The van der Waals surface area contributed by atoms with Crippen LogP contribution in [0.15, 0.2) is 42.6 Å². The van der Waals surface area contributed by atoms with Gasteiger partial charge in [-0.05, 0) is 18.9 Å². The summed E-state index contributed by atoms with van der Waals surface area (Å²) in [6.07, 6.45) is 3.94. The van der Waals surface area contributed by atoms with Crippen LogP contribution in [-0.2, 0) is 0 Å². The van der Waals surface area contributed by atoms with E-state index < -0.39 is 6.43 Å². The molecule has 0 atom stereocenters. The Balaban J connectivity index is 1.79. The van der Waals surface area contributed by atoms with Crippen molar-refractivity contribution < 1.29 is 13.6 Å². The van der Waals surface area contributed by atoms with Crippen molar-refractivity contribution in [3.63, 3.8) is 0 Å². The van der Waals surface area contributed by atoms with E-state index in [2.05, 4.69) is 10.1 Å². The van der Waals surface area contributed by atoms with E-state index in [0.717, 1.165) is 30.2 Å². The Kier molecular flexibility index (Phi) is 5.07. The van der Waals surface area contributed by atoms with Gasteiger partial charge >= 0.3 is 0 Å². The topological polar surface area (TPSA) is 50.5 Å². The van der Waals surface area contributed by atoms with Gasteiger partial charge in [0, 0.05) is 18.7 Å². The Bertz CT molecular complexity index is 981. The summed E-state index contributed by atoms with van der Waals surface area (Å²) in [5.41, 5.74) is 1.27. The molecule has 2 aromatic heterocycles. The third-order valence-corrected chi connectivity index (χ3v) is 5.47. The maximum Gasteiger partial charge on any atom is 0.280 e. The van der Waals surface area contributed by atoms with E-state index in [1.54, 1.807) is 24.1 Å². The molecule has 146 valence electrons. The van der Waals surface area contributed by atoms with Gasteiger partial charge in [0.25, 0.3) is 12.3 Å². The van der Waals surface area contributed by atoms with Crippen molar-refractivity contribution in [2.24, 2.45) is 0 Å². The number of rotatable bonds is 4. The minimum Gasteiger partial charge on any atom is -0.339 e. The number of benzene rings is 1. The standard InChI is InChI=1S/C21H22F2N4O/c1-26(15-10-6-3-7-11-15)21(28)16-13-24-27-18(19(22)23)12-17(25-20(16)27)14-8-4-2-5-9-14/h2,4-5,8-9,12-13,15,19H,3,6-7,10-11H2,1H3. The molecular formula is C21H22F2N4O. The fourth-order valence-corrected chi connectivity index (χ4v) is 3.87. The highest BCUT2D eigenvalue weighted by Gasteiger charge is 2.27. The summed E-state index contributed by atoms with van der Waals surface area (Å²) in [5.74, 6) is -0.222. The maximum absolute atomic E-state index is 13.7. The third-order valence-electron chi connectivity index (χ3n) is 5.47. The molecule has 5 nitrogen and oxygen atoms in total. The number of fused-ring (bicyclic) bond motifs is 1. The average Bonchev–Trinajstić information content (AvgIpc) is 3.17. The Morgan fingerprint density at radius 1 is 1.18 bits per heavy atom. The zero-order valence-corrected chi connectivity index (χ0v) is 15.7. The van der Waals surface area contributed by atoms with Gasteiger partial charge in [-0.1, -0.05) is 49.6 Å². The smallest absolute Gasteiger partial charge is 0.280 e. The van der Waals surface area contributed by atoms with Gasteiger partial charge in [-0.15, -0.1) is 0 Å². The highest BCUT2D eigenvalue weighted by Crippen LogP contribution is 2.28. The van der Waals surface area contributed by atoms with Crippen molar-refractivity contribution in [3.05, 3.63) is 53.9 Å². The zero-order chi connectivity index (χ0) is 19.7. The van der Waals surface area contributed by atoms with E-state index in [9.17, 15) is 13.6 Å². The van der Waals surface area contributed by atoms with Gasteiger partial charge in [0.05, 0.1) is 11.9 Å². The molecule has 0 radical (unpaired) electrons. The Morgan fingerprint density at radius 2 is 1.89 bits per heavy atom. The second-order valence-electron chi connectivity index (χ2n) is 7.23. The van der Waals surface area contributed by atoms with Crippen LogP contribution < -0.4 is 0 Å². The summed E-state index contributed by atoms with van der Waals surface area (Å²) in [6.45, 7) is 0. The summed E-state index contributed by atoms with van der Waals surface area (Å²) in [7, 11) is 1.77. The number of hydrogen-bond acceptors (Lipinski definition) is 3. The molecule has 1 aliphatic rings. The largest absolute Gasteiger partial charge is 0.339 e. The number of aromatic nitrogens is 3. The van der Waals surface area contributed by atoms with Crippen LogP contribution in [0.3, 0.4) is 0 Å². The molecule has 1 fully saturated rings. The minimum atomic E-state index is -2.73. The molecular weight excluding hydrogens is 362 g/mol. The predicted molar refractivity (Wildman–Crippen MR) is 102 cm³/mol. The van der Waals surface area contributed by atoms with Crippen molar-refractivity contribution in [1.29, 1.82) is 0 Å². The first-order valence-corrected chi connectivity index (χ1v) is 9.55. The van der Waals surface area contributed by atoms with Crippen molar-refractivity contribution in [2.75, 3.05) is 7.05 Å². The van der Waals surface area contributed by atoms with E-state index in [1.165, 1.54) is 18.7 Å². The number of hydrogen-bond donors (Lipinski definition) is 0.